The first-order chi connectivity index (χ1) is 11.8. The number of rotatable bonds is 3. The Morgan fingerprint density at radius 1 is 1.40 bits per heavy atom. The Balaban J connectivity index is 1.65. The first-order valence-corrected chi connectivity index (χ1v) is 7.62. The van der Waals surface area contributed by atoms with Gasteiger partial charge >= 0.3 is 6.18 Å². The number of aryl methyl sites for hydroxylation is 1. The topological polar surface area (TPSA) is 73.1 Å². The minimum Gasteiger partial charge on any atom is -0.368 e. The van der Waals surface area contributed by atoms with Crippen LogP contribution in [0.5, 0.6) is 0 Å². The van der Waals surface area contributed by atoms with Crippen LogP contribution in [0.4, 0.5) is 13.2 Å². The van der Waals surface area contributed by atoms with Crippen molar-refractivity contribution in [2.24, 2.45) is 0 Å². The highest BCUT2D eigenvalue weighted by atomic mass is 19.4. The lowest BCUT2D eigenvalue weighted by Crippen LogP contribution is -2.44. The van der Waals surface area contributed by atoms with Crippen LogP contribution in [0, 0.1) is 6.92 Å². The summed E-state index contributed by atoms with van der Waals surface area (Å²) in [6, 6.07) is 2.56. The van der Waals surface area contributed by atoms with Gasteiger partial charge in [0.1, 0.15) is 18.5 Å². The highest BCUT2D eigenvalue weighted by Crippen LogP contribution is 2.27. The van der Waals surface area contributed by atoms with Gasteiger partial charge in [0.25, 0.3) is 0 Å². The normalized spacial score (nSPS) is 18.4. The number of amides is 1. The van der Waals surface area contributed by atoms with Crippen molar-refractivity contribution in [2.75, 3.05) is 19.7 Å². The average Bonchev–Trinajstić information content (AvgIpc) is 3.04. The second-order valence-corrected chi connectivity index (χ2v) is 5.62. The molecule has 0 spiro atoms. The van der Waals surface area contributed by atoms with Crippen molar-refractivity contribution in [2.45, 2.75) is 25.7 Å². The minimum absolute atomic E-state index is 0.258. The molecule has 0 radical (unpaired) electrons. The molecular formula is C15H16F3N5O2. The Bertz CT molecular complexity index is 762. The van der Waals surface area contributed by atoms with E-state index in [0.29, 0.717) is 24.7 Å². The lowest BCUT2D eigenvalue weighted by atomic mass is 10.2. The molecule has 0 aliphatic carbocycles. The van der Waals surface area contributed by atoms with Crippen LogP contribution < -0.4 is 0 Å². The number of ether oxygens (including phenoxy) is 1. The quantitative estimate of drug-likeness (QED) is 0.836. The molecule has 1 atom stereocenters. The molecule has 1 amide bonds. The number of morpholine rings is 1. The van der Waals surface area contributed by atoms with Crippen LogP contribution in [0.25, 0.3) is 0 Å². The van der Waals surface area contributed by atoms with E-state index in [0.717, 1.165) is 16.9 Å². The molecule has 3 rings (SSSR count). The van der Waals surface area contributed by atoms with Gasteiger partial charge in [-0.2, -0.15) is 18.3 Å². The molecule has 3 heterocycles. The number of alkyl halides is 3. The Labute approximate surface area is 141 Å². The average molecular weight is 355 g/mol. The number of hydrogen-bond acceptors (Lipinski definition) is 5. The molecule has 2 aromatic rings. The molecule has 1 aliphatic rings. The van der Waals surface area contributed by atoms with Crippen LogP contribution in [-0.2, 0) is 22.3 Å². The maximum Gasteiger partial charge on any atom is 0.435 e. The maximum atomic E-state index is 12.6. The van der Waals surface area contributed by atoms with Gasteiger partial charge in [0.2, 0.25) is 5.91 Å². The third-order valence-electron chi connectivity index (χ3n) is 3.77. The number of hydrogen-bond donors (Lipinski definition) is 0. The molecule has 2 aromatic heterocycles. The van der Waals surface area contributed by atoms with E-state index in [-0.39, 0.29) is 25.1 Å². The SMILES string of the molecule is Cc1nccc([C@H]2CN(C(=O)Cn3ccc(C(F)(F)F)n3)CCO2)n1. The fourth-order valence-corrected chi connectivity index (χ4v) is 2.55. The van der Waals surface area contributed by atoms with Gasteiger partial charge in [-0.3, -0.25) is 9.48 Å². The van der Waals surface area contributed by atoms with E-state index in [1.165, 1.54) is 0 Å². The van der Waals surface area contributed by atoms with Gasteiger partial charge in [-0.25, -0.2) is 9.97 Å². The van der Waals surface area contributed by atoms with Gasteiger partial charge in [-0.15, -0.1) is 0 Å². The van der Waals surface area contributed by atoms with Crippen molar-refractivity contribution in [3.63, 3.8) is 0 Å². The standard InChI is InChI=1S/C15H16F3N5O2/c1-10-19-4-2-11(20-10)12-8-22(6-7-25-12)14(24)9-23-5-3-13(21-23)15(16,17)18/h2-5,12H,6-9H2,1H3/t12-/m1/s1. The fourth-order valence-electron chi connectivity index (χ4n) is 2.55. The Morgan fingerprint density at radius 3 is 2.88 bits per heavy atom. The molecular weight excluding hydrogens is 339 g/mol. The van der Waals surface area contributed by atoms with Gasteiger partial charge in [0, 0.05) is 18.9 Å². The first-order valence-electron chi connectivity index (χ1n) is 7.62. The van der Waals surface area contributed by atoms with Gasteiger partial charge in [0.05, 0.1) is 18.8 Å². The number of carbonyl (C=O) groups is 1. The van der Waals surface area contributed by atoms with Crippen LogP contribution in [0.15, 0.2) is 24.5 Å². The van der Waals surface area contributed by atoms with Gasteiger partial charge < -0.3 is 9.64 Å². The van der Waals surface area contributed by atoms with E-state index in [1.807, 2.05) is 0 Å². The highest BCUT2D eigenvalue weighted by molar-refractivity contribution is 5.76. The predicted molar refractivity (Wildman–Crippen MR) is 79.3 cm³/mol. The summed E-state index contributed by atoms with van der Waals surface area (Å²) in [5, 5.41) is 3.40. The molecule has 0 saturated carbocycles. The smallest absolute Gasteiger partial charge is 0.368 e. The zero-order valence-corrected chi connectivity index (χ0v) is 13.4. The summed E-state index contributed by atoms with van der Waals surface area (Å²) >= 11 is 0. The monoisotopic (exact) mass is 355 g/mol. The van der Waals surface area contributed by atoms with Crippen molar-refractivity contribution >= 4 is 5.91 Å². The molecule has 1 fully saturated rings. The summed E-state index contributed by atoms with van der Waals surface area (Å²) in [7, 11) is 0. The van der Waals surface area contributed by atoms with Gasteiger partial charge in [-0.05, 0) is 19.1 Å². The Hall–Kier alpha value is -2.49. The van der Waals surface area contributed by atoms with E-state index >= 15 is 0 Å². The summed E-state index contributed by atoms with van der Waals surface area (Å²) in [5.41, 5.74) is -0.347. The first kappa shape index (κ1) is 17.3. The van der Waals surface area contributed by atoms with Crippen molar-refractivity contribution in [1.82, 2.24) is 24.6 Å². The number of carbonyl (C=O) groups excluding carboxylic acids is 1. The molecule has 10 heteroatoms. The van der Waals surface area contributed by atoms with Gasteiger partial charge in [0.15, 0.2) is 5.69 Å². The molecule has 7 nitrogen and oxygen atoms in total. The van der Waals surface area contributed by atoms with Crippen molar-refractivity contribution in [3.05, 3.63) is 41.7 Å². The summed E-state index contributed by atoms with van der Waals surface area (Å²) in [6.45, 7) is 2.47. The van der Waals surface area contributed by atoms with E-state index in [9.17, 15) is 18.0 Å². The third-order valence-corrected chi connectivity index (χ3v) is 3.77. The van der Waals surface area contributed by atoms with Crippen LogP contribution in [0.1, 0.15) is 23.3 Å². The second-order valence-electron chi connectivity index (χ2n) is 5.62. The Morgan fingerprint density at radius 2 is 2.20 bits per heavy atom. The number of aromatic nitrogens is 4. The second kappa shape index (κ2) is 6.79. The largest absolute Gasteiger partial charge is 0.435 e. The summed E-state index contributed by atoms with van der Waals surface area (Å²) < 4.78 is 44.3. The van der Waals surface area contributed by atoms with Crippen LogP contribution in [-0.4, -0.2) is 50.3 Å². The molecule has 0 bridgehead atoms. The maximum absolute atomic E-state index is 12.6. The minimum atomic E-state index is -4.52. The van der Waals surface area contributed by atoms with Crippen molar-refractivity contribution in [1.29, 1.82) is 0 Å². The fraction of sp³-hybridized carbons (Fsp3) is 0.467. The summed E-state index contributed by atoms with van der Waals surface area (Å²) in [5.74, 6) is 0.275. The van der Waals surface area contributed by atoms with E-state index in [4.69, 9.17) is 4.74 Å². The summed E-state index contributed by atoms with van der Waals surface area (Å²) in [4.78, 5) is 22.2. The number of nitrogens with zero attached hydrogens (tertiary/aromatic N) is 5. The van der Waals surface area contributed by atoms with Crippen molar-refractivity contribution < 1.29 is 22.7 Å². The molecule has 1 saturated heterocycles. The molecule has 1 aliphatic heterocycles. The predicted octanol–water partition coefficient (Wildman–Crippen LogP) is 1.60. The third kappa shape index (κ3) is 4.13. The van der Waals surface area contributed by atoms with E-state index < -0.39 is 11.9 Å². The molecule has 0 unspecified atom stereocenters. The molecule has 25 heavy (non-hydrogen) atoms. The lowest BCUT2D eigenvalue weighted by Gasteiger charge is -2.32. The van der Waals surface area contributed by atoms with Crippen LogP contribution >= 0.6 is 0 Å². The van der Waals surface area contributed by atoms with E-state index in [2.05, 4.69) is 15.1 Å². The van der Waals surface area contributed by atoms with Crippen LogP contribution in [0.3, 0.4) is 0 Å². The zero-order valence-electron chi connectivity index (χ0n) is 13.4. The van der Waals surface area contributed by atoms with Crippen LogP contribution in [0.2, 0.25) is 0 Å². The van der Waals surface area contributed by atoms with Gasteiger partial charge in [-0.1, -0.05) is 0 Å². The highest BCUT2D eigenvalue weighted by Gasteiger charge is 2.34. The lowest BCUT2D eigenvalue weighted by molar-refractivity contribution is -0.143. The van der Waals surface area contributed by atoms with Crippen molar-refractivity contribution in [3.8, 4) is 0 Å². The molecule has 0 aromatic carbocycles. The molecule has 134 valence electrons. The number of halogens is 3. The zero-order chi connectivity index (χ0) is 18.0. The van der Waals surface area contributed by atoms with E-state index in [1.54, 1.807) is 24.1 Å². The summed E-state index contributed by atoms with van der Waals surface area (Å²) in [6.07, 6.45) is -2.15. The molecule has 0 N–H and O–H groups in total. The Kier molecular flexibility index (Phi) is 4.71.